The Balaban J connectivity index is 2.73. The molecule has 0 aromatic heterocycles. The molecule has 1 nitrogen and oxygen atoms in total. The van der Waals surface area contributed by atoms with Gasteiger partial charge in [0.25, 0.3) is 0 Å². The van der Waals surface area contributed by atoms with Crippen LogP contribution in [0.3, 0.4) is 0 Å². The van der Waals surface area contributed by atoms with Crippen molar-refractivity contribution in [3.8, 4) is 0 Å². The second-order valence-electron chi connectivity index (χ2n) is 2.78. The molecular weight excluding hydrogens is 167 g/mol. The Morgan fingerprint density at radius 1 is 1.54 bits per heavy atom. The lowest BCUT2D eigenvalue weighted by atomic mass is 10.1. The van der Waals surface area contributed by atoms with E-state index in [1.165, 1.54) is 6.07 Å². The largest absolute Gasteiger partial charge is 0.375 e. The van der Waals surface area contributed by atoms with Crippen molar-refractivity contribution < 1.29 is 9.13 Å². The van der Waals surface area contributed by atoms with E-state index < -0.39 is 0 Å². The highest BCUT2D eigenvalue weighted by atomic mass is 19.1. The summed E-state index contributed by atoms with van der Waals surface area (Å²) in [4.78, 5) is 0. The second kappa shape index (κ2) is 4.77. The van der Waals surface area contributed by atoms with Gasteiger partial charge in [0.2, 0.25) is 0 Å². The van der Waals surface area contributed by atoms with Crippen molar-refractivity contribution in [2.24, 2.45) is 0 Å². The van der Waals surface area contributed by atoms with Crippen molar-refractivity contribution in [1.29, 1.82) is 0 Å². The molecule has 2 heteroatoms. The summed E-state index contributed by atoms with van der Waals surface area (Å²) in [5.41, 5.74) is 1.62. The summed E-state index contributed by atoms with van der Waals surface area (Å²) >= 11 is 0. The van der Waals surface area contributed by atoms with Gasteiger partial charge in [0.1, 0.15) is 5.82 Å². The molecule has 0 spiro atoms. The number of aryl methyl sites for hydroxylation is 1. The number of rotatable bonds is 3. The normalized spacial score (nSPS) is 11.0. The summed E-state index contributed by atoms with van der Waals surface area (Å²) < 4.78 is 17.4. The van der Waals surface area contributed by atoms with Gasteiger partial charge < -0.3 is 4.74 Å². The third-order valence-electron chi connectivity index (χ3n) is 1.71. The van der Waals surface area contributed by atoms with Gasteiger partial charge in [-0.25, -0.2) is 4.39 Å². The van der Waals surface area contributed by atoms with Gasteiger partial charge in [-0.05, 0) is 30.2 Å². The lowest BCUT2D eigenvalue weighted by Crippen LogP contribution is -1.83. The number of ether oxygens (including phenoxy) is 1. The monoisotopic (exact) mass is 179 g/mol. The predicted molar refractivity (Wildman–Crippen MR) is 51.5 cm³/mol. The lowest BCUT2D eigenvalue weighted by molar-refractivity contribution is 0.282. The lowest BCUT2D eigenvalue weighted by Gasteiger charge is -1.97. The number of halogens is 1. The van der Waals surface area contributed by atoms with Crippen molar-refractivity contribution in [2.45, 2.75) is 6.92 Å². The first kappa shape index (κ1) is 9.93. The van der Waals surface area contributed by atoms with Crippen LogP contribution in [0, 0.1) is 19.9 Å². The van der Waals surface area contributed by atoms with Crippen LogP contribution in [-0.4, -0.2) is 6.61 Å². The fraction of sp³-hybridized carbons (Fsp3) is 0.182. The molecule has 13 heavy (non-hydrogen) atoms. The number of hydrogen-bond acceptors (Lipinski definition) is 1. The van der Waals surface area contributed by atoms with Crippen molar-refractivity contribution in [3.63, 3.8) is 0 Å². The molecule has 0 saturated carbocycles. The van der Waals surface area contributed by atoms with Gasteiger partial charge in [-0.1, -0.05) is 18.2 Å². The second-order valence-corrected chi connectivity index (χ2v) is 2.78. The number of benzene rings is 1. The molecule has 0 aliphatic rings. The van der Waals surface area contributed by atoms with E-state index in [1.54, 1.807) is 19.1 Å². The Bertz CT molecular complexity index is 305. The van der Waals surface area contributed by atoms with E-state index in [0.29, 0.717) is 12.2 Å². The minimum atomic E-state index is -0.175. The van der Waals surface area contributed by atoms with Crippen LogP contribution in [0.4, 0.5) is 4.39 Å². The quantitative estimate of drug-likeness (QED) is 0.693. The van der Waals surface area contributed by atoms with Gasteiger partial charge in [-0.3, -0.25) is 0 Å². The molecule has 1 radical (unpaired) electrons. The Morgan fingerprint density at radius 2 is 2.31 bits per heavy atom. The minimum Gasteiger partial charge on any atom is -0.375 e. The Labute approximate surface area is 77.8 Å². The zero-order valence-electron chi connectivity index (χ0n) is 7.59. The summed E-state index contributed by atoms with van der Waals surface area (Å²) in [6, 6.07) is 4.97. The van der Waals surface area contributed by atoms with Gasteiger partial charge >= 0.3 is 0 Å². The van der Waals surface area contributed by atoms with Crippen LogP contribution in [0.2, 0.25) is 0 Å². The van der Waals surface area contributed by atoms with Crippen LogP contribution < -0.4 is 0 Å². The van der Waals surface area contributed by atoms with Crippen molar-refractivity contribution >= 4 is 6.08 Å². The molecule has 69 valence electrons. The maximum atomic E-state index is 12.8. The highest BCUT2D eigenvalue weighted by Gasteiger charge is 1.95. The third kappa shape index (κ3) is 2.99. The molecule has 0 saturated heterocycles. The van der Waals surface area contributed by atoms with Crippen LogP contribution >= 0.6 is 0 Å². The fourth-order valence-electron chi connectivity index (χ4n) is 1.02. The zero-order valence-corrected chi connectivity index (χ0v) is 7.59. The van der Waals surface area contributed by atoms with E-state index >= 15 is 0 Å². The molecule has 0 atom stereocenters. The molecular formula is C11H12FO. The average Bonchev–Trinajstić information content (AvgIpc) is 2.12. The third-order valence-corrected chi connectivity index (χ3v) is 1.71. The van der Waals surface area contributed by atoms with Gasteiger partial charge in [-0.15, -0.1) is 0 Å². The standard InChI is InChI=1S/C11H12FO/c1-9-8-10(4-3-7-13-2)5-6-11(9)12/h3-6,8H,2,7H2,1H3/b4-3+. The Morgan fingerprint density at radius 3 is 2.92 bits per heavy atom. The van der Waals surface area contributed by atoms with E-state index in [-0.39, 0.29) is 5.82 Å². The average molecular weight is 179 g/mol. The van der Waals surface area contributed by atoms with Crippen molar-refractivity contribution in [2.75, 3.05) is 6.61 Å². The Hall–Kier alpha value is -1.15. The molecule has 0 N–H and O–H groups in total. The molecule has 0 heterocycles. The highest BCUT2D eigenvalue weighted by Crippen LogP contribution is 2.10. The van der Waals surface area contributed by atoms with Gasteiger partial charge in [0.05, 0.1) is 13.7 Å². The van der Waals surface area contributed by atoms with Crippen molar-refractivity contribution in [1.82, 2.24) is 0 Å². The van der Waals surface area contributed by atoms with E-state index in [2.05, 4.69) is 11.8 Å². The van der Waals surface area contributed by atoms with Gasteiger partial charge in [0, 0.05) is 0 Å². The summed E-state index contributed by atoms with van der Waals surface area (Å²) in [6.45, 7) is 2.21. The number of hydrogen-bond donors (Lipinski definition) is 0. The molecule has 0 aliphatic heterocycles. The van der Waals surface area contributed by atoms with Crippen LogP contribution in [0.1, 0.15) is 11.1 Å². The molecule has 1 aromatic carbocycles. The Kier molecular flexibility index (Phi) is 3.65. The highest BCUT2D eigenvalue weighted by molar-refractivity contribution is 5.50. The van der Waals surface area contributed by atoms with Crippen LogP contribution in [0.15, 0.2) is 24.3 Å². The van der Waals surface area contributed by atoms with E-state index in [9.17, 15) is 4.39 Å². The SMILES string of the molecule is [CH2]OC/C=C/c1ccc(F)c(C)c1. The first-order valence-electron chi connectivity index (χ1n) is 4.03. The smallest absolute Gasteiger partial charge is 0.126 e. The molecule has 0 aliphatic carbocycles. The van der Waals surface area contributed by atoms with Crippen molar-refractivity contribution in [3.05, 3.63) is 48.3 Å². The summed E-state index contributed by atoms with van der Waals surface area (Å²) in [5, 5.41) is 0. The maximum Gasteiger partial charge on any atom is 0.126 e. The van der Waals surface area contributed by atoms with Gasteiger partial charge in [-0.2, -0.15) is 0 Å². The maximum absolute atomic E-state index is 12.8. The summed E-state index contributed by atoms with van der Waals surface area (Å²) in [7, 11) is 3.24. The molecule has 0 fully saturated rings. The summed E-state index contributed by atoms with van der Waals surface area (Å²) in [6.07, 6.45) is 3.71. The van der Waals surface area contributed by atoms with E-state index in [1.807, 2.05) is 12.2 Å². The molecule has 0 bridgehead atoms. The van der Waals surface area contributed by atoms with E-state index in [4.69, 9.17) is 0 Å². The van der Waals surface area contributed by atoms with Crippen LogP contribution in [0.25, 0.3) is 6.08 Å². The zero-order chi connectivity index (χ0) is 9.68. The minimum absolute atomic E-state index is 0.175. The first-order valence-corrected chi connectivity index (χ1v) is 4.03. The topological polar surface area (TPSA) is 9.23 Å². The van der Waals surface area contributed by atoms with Crippen LogP contribution in [0.5, 0.6) is 0 Å². The molecule has 1 rings (SSSR count). The molecule has 1 aromatic rings. The molecule has 0 unspecified atom stereocenters. The summed E-state index contributed by atoms with van der Waals surface area (Å²) in [5.74, 6) is -0.175. The fourth-order valence-corrected chi connectivity index (χ4v) is 1.02. The molecule has 0 amide bonds. The first-order chi connectivity index (χ1) is 6.24. The van der Waals surface area contributed by atoms with E-state index in [0.717, 1.165) is 5.56 Å². The van der Waals surface area contributed by atoms with Gasteiger partial charge in [0.15, 0.2) is 0 Å². The predicted octanol–water partition coefficient (Wildman–Crippen LogP) is 2.96. The van der Waals surface area contributed by atoms with Crippen LogP contribution in [-0.2, 0) is 4.74 Å².